The molecular formula is C28H30N2O5. The molecule has 35 heavy (non-hydrogen) atoms. The van der Waals surface area contributed by atoms with Crippen LogP contribution in [0.1, 0.15) is 27.7 Å². The number of hydrogen-bond donors (Lipinski definition) is 0. The van der Waals surface area contributed by atoms with Crippen molar-refractivity contribution in [3.8, 4) is 0 Å². The highest BCUT2D eigenvalue weighted by atomic mass is 16.5. The van der Waals surface area contributed by atoms with Gasteiger partial charge in [-0.05, 0) is 50.5 Å². The van der Waals surface area contributed by atoms with E-state index < -0.39 is 35.7 Å². The van der Waals surface area contributed by atoms with Gasteiger partial charge in [0.1, 0.15) is 6.10 Å². The predicted octanol–water partition coefficient (Wildman–Crippen LogP) is 4.11. The molecule has 3 aliphatic rings. The molecule has 0 N–H and O–H groups in total. The van der Waals surface area contributed by atoms with Crippen LogP contribution in [0.4, 0.5) is 0 Å². The molecule has 0 aromatic rings. The third-order valence-electron chi connectivity index (χ3n) is 6.48. The van der Waals surface area contributed by atoms with Gasteiger partial charge in [-0.25, -0.2) is 4.90 Å². The maximum Gasteiger partial charge on any atom is 0.300 e. The molecule has 2 heterocycles. The van der Waals surface area contributed by atoms with Crippen LogP contribution < -0.4 is 0 Å². The van der Waals surface area contributed by atoms with Gasteiger partial charge in [-0.1, -0.05) is 57.0 Å². The molecule has 1 saturated heterocycles. The van der Waals surface area contributed by atoms with Crippen LogP contribution in [0.25, 0.3) is 0 Å². The van der Waals surface area contributed by atoms with Gasteiger partial charge in [-0.2, -0.15) is 0 Å². The maximum atomic E-state index is 13.6. The summed E-state index contributed by atoms with van der Waals surface area (Å²) in [6, 6.07) is 0. The summed E-state index contributed by atoms with van der Waals surface area (Å²) in [6.07, 6.45) is 11.9. The summed E-state index contributed by atoms with van der Waals surface area (Å²) in [5.41, 5.74) is 1.54. The Morgan fingerprint density at radius 1 is 0.943 bits per heavy atom. The zero-order valence-corrected chi connectivity index (χ0v) is 20.5. The smallest absolute Gasteiger partial charge is 0.300 e. The Labute approximate surface area is 205 Å². The van der Waals surface area contributed by atoms with E-state index in [9.17, 15) is 19.2 Å². The number of ether oxygens (including phenoxy) is 1. The van der Waals surface area contributed by atoms with Gasteiger partial charge in [0.2, 0.25) is 11.8 Å². The topological polar surface area (TPSA) is 84.0 Å². The molecule has 7 nitrogen and oxygen atoms in total. The molecule has 7 heteroatoms. The van der Waals surface area contributed by atoms with Crippen molar-refractivity contribution in [2.24, 2.45) is 17.8 Å². The number of carbonyl (C=O) groups excluding carboxylic acids is 4. The third-order valence-corrected chi connectivity index (χ3v) is 6.48. The van der Waals surface area contributed by atoms with Crippen LogP contribution in [-0.2, 0) is 23.9 Å². The first-order valence-corrected chi connectivity index (χ1v) is 11.4. The van der Waals surface area contributed by atoms with Gasteiger partial charge in [-0.15, -0.1) is 0 Å². The molecule has 0 bridgehead atoms. The van der Waals surface area contributed by atoms with Crippen LogP contribution in [0.3, 0.4) is 0 Å². The summed E-state index contributed by atoms with van der Waals surface area (Å²) in [6.45, 7) is 17.8. The minimum absolute atomic E-state index is 0.117. The summed E-state index contributed by atoms with van der Waals surface area (Å²) >= 11 is 0. The summed E-state index contributed by atoms with van der Waals surface area (Å²) in [5, 5.41) is 0. The van der Waals surface area contributed by atoms with E-state index in [1.807, 2.05) is 13.0 Å². The largest absolute Gasteiger partial charge is 0.479 e. The lowest BCUT2D eigenvalue weighted by Gasteiger charge is -2.34. The zero-order valence-electron chi connectivity index (χ0n) is 20.5. The fraction of sp³-hybridized carbons (Fsp3) is 0.286. The van der Waals surface area contributed by atoms with Gasteiger partial charge in [0, 0.05) is 5.70 Å². The van der Waals surface area contributed by atoms with Gasteiger partial charge in [0.15, 0.2) is 5.76 Å². The summed E-state index contributed by atoms with van der Waals surface area (Å²) < 4.78 is 6.14. The van der Waals surface area contributed by atoms with Crippen molar-refractivity contribution in [1.82, 2.24) is 9.80 Å². The Morgan fingerprint density at radius 2 is 1.60 bits per heavy atom. The monoisotopic (exact) mass is 474 g/mol. The Kier molecular flexibility index (Phi) is 7.39. The van der Waals surface area contributed by atoms with Crippen LogP contribution in [0.5, 0.6) is 0 Å². The fourth-order valence-corrected chi connectivity index (χ4v) is 4.84. The number of fused-ring (bicyclic) bond motifs is 1. The number of amides is 4. The Morgan fingerprint density at radius 3 is 2.17 bits per heavy atom. The molecule has 0 spiro atoms. The molecule has 1 aliphatic carbocycles. The van der Waals surface area contributed by atoms with Gasteiger partial charge in [-0.3, -0.25) is 24.1 Å². The Balaban J connectivity index is 2.01. The Bertz CT molecular complexity index is 1180. The number of likely N-dealkylation sites (tertiary alicyclic amines) is 1. The average Bonchev–Trinajstić information content (AvgIpc) is 3.20. The lowest BCUT2D eigenvalue weighted by Crippen LogP contribution is -2.41. The van der Waals surface area contributed by atoms with Crippen LogP contribution in [-0.4, -0.2) is 39.5 Å². The van der Waals surface area contributed by atoms with E-state index in [2.05, 4.69) is 19.7 Å². The quantitative estimate of drug-likeness (QED) is 0.300. The maximum absolute atomic E-state index is 13.6. The molecule has 4 atom stereocenters. The van der Waals surface area contributed by atoms with Gasteiger partial charge < -0.3 is 4.74 Å². The molecule has 0 saturated carbocycles. The van der Waals surface area contributed by atoms with Crippen LogP contribution in [0.2, 0.25) is 0 Å². The minimum atomic E-state index is -0.878. The number of carbonyl (C=O) groups is 4. The number of hydrogen-bond acceptors (Lipinski definition) is 5. The minimum Gasteiger partial charge on any atom is -0.479 e. The zero-order chi connectivity index (χ0) is 26.0. The van der Waals surface area contributed by atoms with Crippen molar-refractivity contribution in [2.45, 2.75) is 33.8 Å². The van der Waals surface area contributed by atoms with E-state index in [1.165, 1.54) is 30.1 Å². The molecule has 3 rings (SSSR count). The summed E-state index contributed by atoms with van der Waals surface area (Å²) in [4.78, 5) is 55.2. The molecule has 4 amide bonds. The van der Waals surface area contributed by atoms with E-state index in [-0.39, 0.29) is 28.9 Å². The summed E-state index contributed by atoms with van der Waals surface area (Å²) in [5.74, 6) is -3.77. The predicted molar refractivity (Wildman–Crippen MR) is 133 cm³/mol. The van der Waals surface area contributed by atoms with Crippen molar-refractivity contribution in [2.75, 3.05) is 0 Å². The van der Waals surface area contributed by atoms with E-state index in [1.54, 1.807) is 38.2 Å². The highest BCUT2D eigenvalue weighted by Gasteiger charge is 2.57. The molecular weight excluding hydrogens is 444 g/mol. The number of imide groups is 2. The third kappa shape index (κ3) is 4.18. The second-order valence-electron chi connectivity index (χ2n) is 8.61. The van der Waals surface area contributed by atoms with E-state index in [4.69, 9.17) is 4.74 Å². The van der Waals surface area contributed by atoms with Crippen LogP contribution in [0, 0.1) is 17.8 Å². The molecule has 0 aromatic heterocycles. The lowest BCUT2D eigenvalue weighted by atomic mass is 9.73. The first kappa shape index (κ1) is 25.6. The first-order valence-electron chi connectivity index (χ1n) is 11.4. The molecule has 2 aliphatic heterocycles. The normalized spacial score (nSPS) is 27.6. The van der Waals surface area contributed by atoms with Crippen molar-refractivity contribution in [3.05, 3.63) is 96.6 Å². The van der Waals surface area contributed by atoms with E-state index in [0.29, 0.717) is 5.70 Å². The van der Waals surface area contributed by atoms with E-state index >= 15 is 0 Å². The first-order chi connectivity index (χ1) is 16.6. The fourth-order valence-electron chi connectivity index (χ4n) is 4.84. The molecule has 182 valence electrons. The Hall–Kier alpha value is -4.00. The molecule has 0 radical (unpaired) electrons. The number of rotatable bonds is 8. The van der Waals surface area contributed by atoms with Crippen LogP contribution >= 0.6 is 0 Å². The lowest BCUT2D eigenvalue weighted by molar-refractivity contribution is -0.140. The highest BCUT2D eigenvalue weighted by Crippen LogP contribution is 2.45. The second-order valence-corrected chi connectivity index (χ2v) is 8.61. The van der Waals surface area contributed by atoms with Crippen molar-refractivity contribution in [1.29, 1.82) is 0 Å². The molecule has 1 fully saturated rings. The molecule has 4 unspecified atom stereocenters. The number of allylic oxidation sites excluding steroid dienone is 8. The van der Waals surface area contributed by atoms with Gasteiger partial charge in [0.25, 0.3) is 5.91 Å². The average molecular weight is 475 g/mol. The van der Waals surface area contributed by atoms with Gasteiger partial charge >= 0.3 is 5.91 Å². The number of nitrogens with zero attached hydrogens (tertiary/aromatic N) is 2. The van der Waals surface area contributed by atoms with E-state index in [0.717, 1.165) is 10.5 Å². The standard InChI is InChI=1S/C28H30N2O5/c1-8-12-14-20(11-4)30-26(32)21-16(5)15-17(6)23(22(21)27(30)33)35-24-18(7)25(31)29(28(24)34)19(10-3)13-9-2/h8-16,21-23H,1-3H2,4-7H3/b14-12-,19-13+,20-11+. The highest BCUT2D eigenvalue weighted by molar-refractivity contribution is 6.19. The molecule has 0 aromatic carbocycles. The SMILES string of the molecule is C=C/C=C\C(=C/C)N1C(=O)C2C(C)C=C(C)C(OC3=C(C)C(=O)N(/C(C=C)=C/C=C)C3=O)C2C1=O. The van der Waals surface area contributed by atoms with Gasteiger partial charge in [0.05, 0.1) is 23.1 Å². The van der Waals surface area contributed by atoms with Crippen molar-refractivity contribution >= 4 is 23.6 Å². The van der Waals surface area contributed by atoms with Crippen LogP contribution in [0.15, 0.2) is 96.6 Å². The summed E-state index contributed by atoms with van der Waals surface area (Å²) in [7, 11) is 0. The van der Waals surface area contributed by atoms with Crippen molar-refractivity contribution in [3.63, 3.8) is 0 Å². The van der Waals surface area contributed by atoms with Crippen molar-refractivity contribution < 1.29 is 23.9 Å². The second kappa shape index (κ2) is 10.1.